The fraction of sp³-hybridized carbons (Fsp3) is 0.438. The fourth-order valence-corrected chi connectivity index (χ4v) is 3.47. The summed E-state index contributed by atoms with van der Waals surface area (Å²) < 4.78 is 0. The number of carbonyl (C=O) groups is 3. The number of nitrogens with zero attached hydrogens (tertiary/aromatic N) is 1. The third kappa shape index (κ3) is 2.20. The fourth-order valence-electron chi connectivity index (χ4n) is 3.19. The summed E-state index contributed by atoms with van der Waals surface area (Å²) in [6, 6.07) is 2.67. The van der Waals surface area contributed by atoms with Crippen LogP contribution in [0.5, 0.6) is 0 Å². The number of hydrogen-bond donors (Lipinski definition) is 2. The van der Waals surface area contributed by atoms with E-state index in [-0.39, 0.29) is 0 Å². The Balaban J connectivity index is 2.17. The van der Waals surface area contributed by atoms with Gasteiger partial charge in [-0.1, -0.05) is 25.4 Å². The van der Waals surface area contributed by atoms with E-state index in [9.17, 15) is 14.4 Å². The molecule has 2 N–H and O–H groups in total. The molecule has 1 saturated heterocycles. The summed E-state index contributed by atoms with van der Waals surface area (Å²) in [7, 11) is 0. The predicted molar refractivity (Wildman–Crippen MR) is 86.3 cm³/mol. The number of halogens is 1. The lowest BCUT2D eigenvalue weighted by atomic mass is 9.90. The highest BCUT2D eigenvalue weighted by molar-refractivity contribution is 6.32. The van der Waals surface area contributed by atoms with Gasteiger partial charge in [0.1, 0.15) is 0 Å². The van der Waals surface area contributed by atoms with Crippen molar-refractivity contribution in [2.75, 3.05) is 11.4 Å². The van der Waals surface area contributed by atoms with E-state index in [1.165, 1.54) is 0 Å². The summed E-state index contributed by atoms with van der Waals surface area (Å²) in [5.74, 6) is -0.674. The van der Waals surface area contributed by atoms with Gasteiger partial charge in [0.05, 0.1) is 5.69 Å². The summed E-state index contributed by atoms with van der Waals surface area (Å²) in [6.07, 6.45) is 0.791. The first-order valence-electron chi connectivity index (χ1n) is 7.53. The maximum Gasteiger partial charge on any atom is 0.323 e. The number of rotatable bonds is 3. The van der Waals surface area contributed by atoms with Crippen LogP contribution >= 0.6 is 11.6 Å². The van der Waals surface area contributed by atoms with Crippen molar-refractivity contribution in [3.63, 3.8) is 0 Å². The topological polar surface area (TPSA) is 78.5 Å². The van der Waals surface area contributed by atoms with Gasteiger partial charge in [-0.25, -0.2) is 4.79 Å². The molecule has 2 aliphatic heterocycles. The normalized spacial score (nSPS) is 22.8. The van der Waals surface area contributed by atoms with Crippen molar-refractivity contribution in [2.24, 2.45) is 5.92 Å². The monoisotopic (exact) mass is 335 g/mol. The van der Waals surface area contributed by atoms with Gasteiger partial charge in [-0.15, -0.1) is 0 Å². The molecule has 1 aromatic carbocycles. The van der Waals surface area contributed by atoms with Gasteiger partial charge in [0.2, 0.25) is 5.54 Å². The van der Waals surface area contributed by atoms with Crippen molar-refractivity contribution in [2.45, 2.75) is 32.7 Å². The van der Waals surface area contributed by atoms with Crippen LogP contribution in [-0.2, 0) is 15.1 Å². The van der Waals surface area contributed by atoms with Crippen molar-refractivity contribution >= 4 is 35.1 Å². The third-order valence-corrected chi connectivity index (χ3v) is 4.52. The molecule has 0 saturated carbocycles. The molecule has 6 nitrogen and oxygen atoms in total. The minimum atomic E-state index is -1.70. The summed E-state index contributed by atoms with van der Waals surface area (Å²) in [5, 5.41) is 5.10. The Morgan fingerprint density at radius 1 is 1.26 bits per heavy atom. The van der Waals surface area contributed by atoms with E-state index < -0.39 is 23.4 Å². The third-order valence-electron chi connectivity index (χ3n) is 4.30. The molecular weight excluding hydrogens is 318 g/mol. The van der Waals surface area contributed by atoms with E-state index in [1.54, 1.807) is 17.0 Å². The van der Waals surface area contributed by atoms with Crippen LogP contribution in [0.3, 0.4) is 0 Å². The minimum Gasteiger partial charge on any atom is -0.312 e. The molecule has 1 aromatic rings. The van der Waals surface area contributed by atoms with Crippen LogP contribution < -0.4 is 15.5 Å². The highest BCUT2D eigenvalue weighted by atomic mass is 35.5. The van der Waals surface area contributed by atoms with E-state index in [0.29, 0.717) is 28.7 Å². The zero-order chi connectivity index (χ0) is 16.9. The minimum absolute atomic E-state index is 0.405. The average Bonchev–Trinajstić information content (AvgIpc) is 2.86. The van der Waals surface area contributed by atoms with Crippen LogP contribution in [0.4, 0.5) is 10.5 Å². The molecule has 0 radical (unpaired) electrons. The van der Waals surface area contributed by atoms with Gasteiger partial charge in [-0.3, -0.25) is 14.9 Å². The van der Waals surface area contributed by atoms with Gasteiger partial charge in [0, 0.05) is 17.1 Å². The molecule has 3 rings (SSSR count). The molecule has 2 heterocycles. The Morgan fingerprint density at radius 3 is 2.52 bits per heavy atom. The largest absolute Gasteiger partial charge is 0.323 e. The van der Waals surface area contributed by atoms with E-state index >= 15 is 0 Å². The van der Waals surface area contributed by atoms with Crippen molar-refractivity contribution in [3.05, 3.63) is 28.3 Å². The van der Waals surface area contributed by atoms with E-state index in [0.717, 1.165) is 12.0 Å². The van der Waals surface area contributed by atoms with Crippen LogP contribution in [-0.4, -0.2) is 24.4 Å². The lowest BCUT2D eigenvalue weighted by Gasteiger charge is -2.22. The van der Waals surface area contributed by atoms with Crippen LogP contribution in [0, 0.1) is 12.8 Å². The number of fused-ring (bicyclic) bond motifs is 2. The number of anilines is 1. The highest BCUT2D eigenvalue weighted by Gasteiger charge is 2.61. The molecule has 1 atom stereocenters. The quantitative estimate of drug-likeness (QED) is 0.655. The number of carbonyl (C=O) groups excluding carboxylic acids is 3. The standard InChI is InChI=1S/C16H18ClN3O3/c1-8(2)4-5-20-12-9(3)6-10(17)7-11(12)16(14(20)22)13(21)18-15(23)19-16/h6-8H,4-5H2,1-3H3,(H2,18,19,21,23). The number of nitrogens with one attached hydrogen (secondary N) is 2. The summed E-state index contributed by atoms with van der Waals surface area (Å²) in [5.41, 5.74) is 0.214. The molecule has 0 aromatic heterocycles. The summed E-state index contributed by atoms with van der Waals surface area (Å²) >= 11 is 6.12. The van der Waals surface area contributed by atoms with Gasteiger partial charge in [-0.05, 0) is 37.0 Å². The number of urea groups is 1. The molecule has 7 heteroatoms. The first-order chi connectivity index (χ1) is 10.8. The Kier molecular flexibility index (Phi) is 3.59. The maximum atomic E-state index is 13.0. The molecule has 2 aliphatic rings. The molecule has 4 amide bonds. The Hall–Kier alpha value is -2.08. The maximum absolute atomic E-state index is 13.0. The first-order valence-corrected chi connectivity index (χ1v) is 7.91. The number of benzene rings is 1. The van der Waals surface area contributed by atoms with Gasteiger partial charge in [-0.2, -0.15) is 0 Å². The van der Waals surface area contributed by atoms with E-state index in [2.05, 4.69) is 24.5 Å². The lowest BCUT2D eigenvalue weighted by Crippen LogP contribution is -2.52. The molecule has 23 heavy (non-hydrogen) atoms. The first kappa shape index (κ1) is 15.8. The van der Waals surface area contributed by atoms with Crippen molar-refractivity contribution < 1.29 is 14.4 Å². The van der Waals surface area contributed by atoms with Crippen molar-refractivity contribution in [1.29, 1.82) is 0 Å². The summed E-state index contributed by atoms with van der Waals surface area (Å²) in [4.78, 5) is 38.7. The molecule has 0 bridgehead atoms. The summed E-state index contributed by atoms with van der Waals surface area (Å²) in [6.45, 7) is 6.46. The van der Waals surface area contributed by atoms with Crippen LogP contribution in [0.1, 0.15) is 31.4 Å². The second kappa shape index (κ2) is 5.23. The van der Waals surface area contributed by atoms with Crippen LogP contribution in [0.15, 0.2) is 12.1 Å². The van der Waals surface area contributed by atoms with Crippen LogP contribution in [0.2, 0.25) is 5.02 Å². The molecule has 1 unspecified atom stereocenters. The Labute approximate surface area is 139 Å². The molecular formula is C16H18ClN3O3. The van der Waals surface area contributed by atoms with Gasteiger partial charge in [0.25, 0.3) is 11.8 Å². The molecule has 1 fully saturated rings. The van der Waals surface area contributed by atoms with Gasteiger partial charge < -0.3 is 10.2 Å². The van der Waals surface area contributed by atoms with E-state index in [1.807, 2.05) is 6.92 Å². The Bertz CT molecular complexity index is 732. The number of imide groups is 1. The smallest absolute Gasteiger partial charge is 0.312 e. The number of aryl methyl sites for hydroxylation is 1. The zero-order valence-corrected chi connectivity index (χ0v) is 14.0. The molecule has 1 spiro atoms. The average molecular weight is 336 g/mol. The SMILES string of the molecule is Cc1cc(Cl)cc2c1N(CCC(C)C)C(=O)C21NC(=O)NC1=O. The molecule has 122 valence electrons. The number of hydrogen-bond acceptors (Lipinski definition) is 3. The van der Waals surface area contributed by atoms with Crippen molar-refractivity contribution in [1.82, 2.24) is 10.6 Å². The predicted octanol–water partition coefficient (Wildman–Crippen LogP) is 2.08. The molecule has 0 aliphatic carbocycles. The van der Waals surface area contributed by atoms with Gasteiger partial charge in [0.15, 0.2) is 0 Å². The lowest BCUT2D eigenvalue weighted by molar-refractivity contribution is -0.133. The number of amides is 4. The van der Waals surface area contributed by atoms with Crippen molar-refractivity contribution in [3.8, 4) is 0 Å². The van der Waals surface area contributed by atoms with Gasteiger partial charge >= 0.3 is 6.03 Å². The zero-order valence-electron chi connectivity index (χ0n) is 13.2. The highest BCUT2D eigenvalue weighted by Crippen LogP contribution is 2.45. The second-order valence-electron chi connectivity index (χ2n) is 6.42. The van der Waals surface area contributed by atoms with E-state index in [4.69, 9.17) is 11.6 Å². The second-order valence-corrected chi connectivity index (χ2v) is 6.85. The Morgan fingerprint density at radius 2 is 1.96 bits per heavy atom. The van der Waals surface area contributed by atoms with Crippen LogP contribution in [0.25, 0.3) is 0 Å².